The summed E-state index contributed by atoms with van der Waals surface area (Å²) >= 11 is 0. The van der Waals surface area contributed by atoms with Gasteiger partial charge in [0.25, 0.3) is 0 Å². The predicted octanol–water partition coefficient (Wildman–Crippen LogP) is 3.01. The minimum absolute atomic E-state index is 0.0374. The molecular formula is C29H47N3O5. The lowest BCUT2D eigenvalue weighted by Crippen LogP contribution is -2.61. The standard InChI is InChI=1S/C29H47N3O5/c1-10-14-30(15-11-2)24(34)21-22-25(35)32(20(13-4)18-33)23(26(36)31(16-12-3)27(6,7)8)29(22)17-19(5)28(21,9)37-29/h10,12,19-23,33H,1,3,11,13-18H2,2,4-9H3/t19?,20-,21+,22-,23?,28-,29?/m0/s1. The number of aliphatic hydroxyl groups excluding tert-OH is 1. The molecule has 1 N–H and O–H groups in total. The number of fused-ring (bicyclic) bond motifs is 1. The molecular weight excluding hydrogens is 470 g/mol. The number of nitrogens with zero attached hydrogens (tertiary/aromatic N) is 3. The van der Waals surface area contributed by atoms with Crippen LogP contribution in [0.5, 0.6) is 0 Å². The van der Waals surface area contributed by atoms with Crippen LogP contribution in [0.4, 0.5) is 0 Å². The third kappa shape index (κ3) is 4.44. The number of carbonyl (C=O) groups is 3. The molecule has 8 nitrogen and oxygen atoms in total. The maximum absolute atomic E-state index is 14.4. The van der Waals surface area contributed by atoms with Gasteiger partial charge in [0.1, 0.15) is 11.6 Å². The van der Waals surface area contributed by atoms with E-state index in [2.05, 4.69) is 13.2 Å². The van der Waals surface area contributed by atoms with Gasteiger partial charge in [0.15, 0.2) is 0 Å². The van der Waals surface area contributed by atoms with Gasteiger partial charge in [-0.2, -0.15) is 0 Å². The van der Waals surface area contributed by atoms with E-state index in [0.717, 1.165) is 6.42 Å². The van der Waals surface area contributed by atoms with E-state index in [1.165, 1.54) is 0 Å². The van der Waals surface area contributed by atoms with Gasteiger partial charge in [0, 0.05) is 25.2 Å². The average Bonchev–Trinajstić information content (AvgIpc) is 3.34. The highest BCUT2D eigenvalue weighted by molar-refractivity contribution is 5.99. The zero-order chi connectivity index (χ0) is 27.9. The van der Waals surface area contributed by atoms with Gasteiger partial charge in [-0.1, -0.05) is 32.9 Å². The lowest BCUT2D eigenvalue weighted by Gasteiger charge is -2.43. The van der Waals surface area contributed by atoms with Crippen LogP contribution in [-0.4, -0.2) is 92.6 Å². The van der Waals surface area contributed by atoms with Crippen LogP contribution in [0.15, 0.2) is 25.3 Å². The molecule has 3 unspecified atom stereocenters. The average molecular weight is 518 g/mol. The fourth-order valence-electron chi connectivity index (χ4n) is 7.02. The zero-order valence-corrected chi connectivity index (χ0v) is 23.8. The van der Waals surface area contributed by atoms with Gasteiger partial charge < -0.3 is 24.5 Å². The molecule has 8 heteroatoms. The Labute approximate surface area is 222 Å². The van der Waals surface area contributed by atoms with Gasteiger partial charge >= 0.3 is 0 Å². The monoisotopic (exact) mass is 517 g/mol. The molecule has 0 saturated carbocycles. The molecule has 3 rings (SSSR count). The molecule has 2 bridgehead atoms. The SMILES string of the molecule is C=CCN(CCC)C(=O)[C@H]1[C@H]2C(=O)N([C@@H](CC)CO)C(C(=O)N(CC=C)C(C)(C)C)C23CC(C)[C@]1(C)O3. The maximum Gasteiger partial charge on any atom is 0.249 e. The second-order valence-corrected chi connectivity index (χ2v) is 12.2. The Morgan fingerprint density at radius 3 is 2.32 bits per heavy atom. The van der Waals surface area contributed by atoms with Crippen molar-refractivity contribution in [1.29, 1.82) is 0 Å². The minimum atomic E-state index is -1.14. The largest absolute Gasteiger partial charge is 0.394 e. The quantitative estimate of drug-likeness (QED) is 0.426. The Hall–Kier alpha value is -2.19. The minimum Gasteiger partial charge on any atom is -0.394 e. The van der Waals surface area contributed by atoms with Crippen molar-refractivity contribution in [3.63, 3.8) is 0 Å². The summed E-state index contributed by atoms with van der Waals surface area (Å²) in [5, 5.41) is 10.3. The van der Waals surface area contributed by atoms with Crippen LogP contribution < -0.4 is 0 Å². The van der Waals surface area contributed by atoms with Gasteiger partial charge in [-0.3, -0.25) is 14.4 Å². The number of likely N-dealkylation sites (tertiary alicyclic amines) is 1. The maximum atomic E-state index is 14.4. The van der Waals surface area contributed by atoms with Crippen molar-refractivity contribution in [3.05, 3.63) is 25.3 Å². The molecule has 37 heavy (non-hydrogen) atoms. The summed E-state index contributed by atoms with van der Waals surface area (Å²) in [7, 11) is 0. The summed E-state index contributed by atoms with van der Waals surface area (Å²) in [6.07, 6.45) is 5.15. The van der Waals surface area contributed by atoms with Crippen molar-refractivity contribution in [2.45, 2.75) is 96.6 Å². The zero-order valence-electron chi connectivity index (χ0n) is 23.8. The Morgan fingerprint density at radius 1 is 1.22 bits per heavy atom. The van der Waals surface area contributed by atoms with Crippen molar-refractivity contribution in [1.82, 2.24) is 14.7 Å². The fourth-order valence-corrected chi connectivity index (χ4v) is 7.02. The van der Waals surface area contributed by atoms with E-state index in [1.54, 1.807) is 26.9 Å². The van der Waals surface area contributed by atoms with E-state index in [-0.39, 0.29) is 30.2 Å². The molecule has 1 spiro atoms. The number of ether oxygens (including phenoxy) is 1. The third-order valence-corrected chi connectivity index (χ3v) is 8.87. The summed E-state index contributed by atoms with van der Waals surface area (Å²) in [5.41, 5.74) is -2.54. The fraction of sp³-hybridized carbons (Fsp3) is 0.759. The molecule has 208 valence electrons. The van der Waals surface area contributed by atoms with Gasteiger partial charge in [0.05, 0.1) is 30.1 Å². The lowest BCUT2D eigenvalue weighted by atomic mass is 9.62. The van der Waals surface area contributed by atoms with Crippen LogP contribution in [-0.2, 0) is 19.1 Å². The molecule has 3 amide bonds. The van der Waals surface area contributed by atoms with E-state index < -0.39 is 40.7 Å². The van der Waals surface area contributed by atoms with Crippen molar-refractivity contribution < 1.29 is 24.2 Å². The molecule has 3 heterocycles. The van der Waals surface area contributed by atoms with Crippen LogP contribution in [0.3, 0.4) is 0 Å². The molecule has 3 fully saturated rings. The normalized spacial score (nSPS) is 33.3. The van der Waals surface area contributed by atoms with E-state index >= 15 is 0 Å². The molecule has 3 aliphatic heterocycles. The summed E-state index contributed by atoms with van der Waals surface area (Å²) in [6, 6.07) is -1.48. The second-order valence-electron chi connectivity index (χ2n) is 12.2. The van der Waals surface area contributed by atoms with Crippen LogP contribution in [0, 0.1) is 17.8 Å². The van der Waals surface area contributed by atoms with Crippen molar-refractivity contribution in [3.8, 4) is 0 Å². The van der Waals surface area contributed by atoms with E-state index in [4.69, 9.17) is 4.74 Å². The highest BCUT2D eigenvalue weighted by atomic mass is 16.5. The number of aliphatic hydroxyl groups is 1. The molecule has 0 aromatic rings. The number of amides is 3. The van der Waals surface area contributed by atoms with E-state index in [0.29, 0.717) is 32.5 Å². The first kappa shape index (κ1) is 29.4. The highest BCUT2D eigenvalue weighted by Crippen LogP contribution is 2.66. The molecule has 0 aliphatic carbocycles. The van der Waals surface area contributed by atoms with Crippen molar-refractivity contribution >= 4 is 17.7 Å². The van der Waals surface area contributed by atoms with Crippen LogP contribution in [0.2, 0.25) is 0 Å². The highest BCUT2D eigenvalue weighted by Gasteiger charge is 2.80. The summed E-state index contributed by atoms with van der Waals surface area (Å²) < 4.78 is 6.85. The molecule has 0 aromatic carbocycles. The first-order valence-electron chi connectivity index (χ1n) is 13.8. The van der Waals surface area contributed by atoms with Crippen molar-refractivity contribution in [2.75, 3.05) is 26.2 Å². The number of hydrogen-bond acceptors (Lipinski definition) is 5. The Bertz CT molecular complexity index is 925. The van der Waals surface area contributed by atoms with Gasteiger partial charge in [-0.15, -0.1) is 13.2 Å². The summed E-state index contributed by atoms with van der Waals surface area (Å²) in [6.45, 7) is 22.4. The Balaban J connectivity index is 2.21. The Morgan fingerprint density at radius 2 is 1.84 bits per heavy atom. The van der Waals surface area contributed by atoms with E-state index in [1.807, 2.05) is 48.5 Å². The topological polar surface area (TPSA) is 90.4 Å². The molecule has 3 aliphatic rings. The third-order valence-electron chi connectivity index (χ3n) is 8.87. The van der Waals surface area contributed by atoms with Crippen LogP contribution in [0.1, 0.15) is 67.7 Å². The number of rotatable bonds is 11. The van der Waals surface area contributed by atoms with Crippen LogP contribution in [0.25, 0.3) is 0 Å². The van der Waals surface area contributed by atoms with Gasteiger partial charge in [-0.25, -0.2) is 0 Å². The lowest BCUT2D eigenvalue weighted by molar-refractivity contribution is -0.160. The predicted molar refractivity (Wildman–Crippen MR) is 144 cm³/mol. The summed E-state index contributed by atoms with van der Waals surface area (Å²) in [4.78, 5) is 47.9. The Kier molecular flexibility index (Phi) is 8.35. The van der Waals surface area contributed by atoms with Crippen LogP contribution >= 0.6 is 0 Å². The van der Waals surface area contributed by atoms with Crippen molar-refractivity contribution in [2.24, 2.45) is 17.8 Å². The number of carbonyl (C=O) groups excluding carboxylic acids is 3. The summed E-state index contributed by atoms with van der Waals surface area (Å²) in [5.74, 6) is -2.16. The van der Waals surface area contributed by atoms with Gasteiger partial charge in [-0.05, 0) is 52.9 Å². The van der Waals surface area contributed by atoms with E-state index in [9.17, 15) is 19.5 Å². The second kappa shape index (κ2) is 10.5. The number of hydrogen-bond donors (Lipinski definition) is 1. The first-order valence-corrected chi connectivity index (χ1v) is 13.8. The molecule has 0 radical (unpaired) electrons. The first-order chi connectivity index (χ1) is 17.3. The molecule has 3 saturated heterocycles. The van der Waals surface area contributed by atoms with Gasteiger partial charge in [0.2, 0.25) is 17.7 Å². The smallest absolute Gasteiger partial charge is 0.249 e. The molecule has 0 aromatic heterocycles. The molecule has 7 atom stereocenters.